The first-order valence-corrected chi connectivity index (χ1v) is 11.1. The number of rotatable bonds is 6. The van der Waals surface area contributed by atoms with Crippen LogP contribution in [0.2, 0.25) is 0 Å². The van der Waals surface area contributed by atoms with Crippen LogP contribution in [0.4, 0.5) is 11.4 Å². The van der Waals surface area contributed by atoms with Crippen LogP contribution in [0, 0.1) is 23.0 Å². The number of nitro benzene ring substituents is 1. The Balaban J connectivity index is 1.34. The number of nitro groups is 1. The minimum absolute atomic E-state index is 0.0798. The van der Waals surface area contributed by atoms with Gasteiger partial charge in [0.2, 0.25) is 0 Å². The molecule has 0 bridgehead atoms. The molecular weight excluding hydrogens is 416 g/mol. The Labute approximate surface area is 193 Å². The van der Waals surface area contributed by atoms with Gasteiger partial charge in [-0.2, -0.15) is 0 Å². The average Bonchev–Trinajstić information content (AvgIpc) is 3.33. The summed E-state index contributed by atoms with van der Waals surface area (Å²) in [5.74, 6) is 2.47. The Morgan fingerprint density at radius 3 is 2.52 bits per heavy atom. The van der Waals surface area contributed by atoms with Crippen LogP contribution in [0.3, 0.4) is 0 Å². The van der Waals surface area contributed by atoms with Crippen LogP contribution in [-0.4, -0.2) is 12.0 Å². The molecule has 0 saturated carbocycles. The van der Waals surface area contributed by atoms with Gasteiger partial charge in [-0.05, 0) is 71.8 Å². The van der Waals surface area contributed by atoms with E-state index in [1.807, 2.05) is 18.2 Å². The average molecular weight is 443 g/mol. The normalized spacial score (nSPS) is 20.5. The van der Waals surface area contributed by atoms with Crippen LogP contribution in [0.25, 0.3) is 0 Å². The first kappa shape index (κ1) is 21.1. The topological polar surface area (TPSA) is 73.6 Å². The minimum atomic E-state index is -0.400. The third-order valence-electron chi connectivity index (χ3n) is 6.71. The Morgan fingerprint density at radius 1 is 1.06 bits per heavy atom. The lowest BCUT2D eigenvalue weighted by Gasteiger charge is -2.39. The second kappa shape index (κ2) is 8.62. The molecule has 33 heavy (non-hydrogen) atoms. The van der Waals surface area contributed by atoms with Crippen molar-refractivity contribution < 1.29 is 14.4 Å². The molecule has 3 aromatic rings. The van der Waals surface area contributed by atoms with E-state index in [9.17, 15) is 10.1 Å². The van der Waals surface area contributed by atoms with Gasteiger partial charge < -0.3 is 14.8 Å². The number of hydrogen-bond acceptors (Lipinski definition) is 5. The highest BCUT2D eigenvalue weighted by Gasteiger charge is 2.39. The Hall–Kier alpha value is -3.80. The molecule has 0 saturated heterocycles. The van der Waals surface area contributed by atoms with Crippen molar-refractivity contribution in [3.8, 4) is 11.5 Å². The zero-order valence-electron chi connectivity index (χ0n) is 18.7. The molecule has 3 atom stereocenters. The molecule has 0 spiro atoms. The summed E-state index contributed by atoms with van der Waals surface area (Å²) in [6.45, 7) is 2.53. The zero-order chi connectivity index (χ0) is 22.9. The van der Waals surface area contributed by atoms with Crippen LogP contribution in [-0.2, 0) is 6.61 Å². The number of non-ortho nitro benzene ring substituents is 1. The van der Waals surface area contributed by atoms with Gasteiger partial charge in [0.05, 0.1) is 23.8 Å². The second-order valence-electron chi connectivity index (χ2n) is 8.63. The van der Waals surface area contributed by atoms with E-state index in [0.717, 1.165) is 29.2 Å². The highest BCUT2D eigenvalue weighted by Crippen LogP contribution is 2.53. The van der Waals surface area contributed by atoms with Crippen molar-refractivity contribution in [3.05, 3.63) is 105 Å². The van der Waals surface area contributed by atoms with Gasteiger partial charge in [0, 0.05) is 18.1 Å². The maximum absolute atomic E-state index is 10.8. The number of nitrogens with zero attached hydrogens (tertiary/aromatic N) is 1. The summed E-state index contributed by atoms with van der Waals surface area (Å²) in [7, 11) is 1.72. The molecule has 1 heterocycles. The molecular formula is C27H26N2O4. The summed E-state index contributed by atoms with van der Waals surface area (Å²) in [6.07, 6.45) is 5.67. The van der Waals surface area contributed by atoms with E-state index >= 15 is 0 Å². The summed E-state index contributed by atoms with van der Waals surface area (Å²) in [6, 6.07) is 19.0. The van der Waals surface area contributed by atoms with E-state index in [0.29, 0.717) is 18.4 Å². The monoisotopic (exact) mass is 442 g/mol. The summed E-state index contributed by atoms with van der Waals surface area (Å²) >= 11 is 0. The molecule has 2 aliphatic rings. The van der Waals surface area contributed by atoms with Gasteiger partial charge >= 0.3 is 0 Å². The lowest BCUT2D eigenvalue weighted by molar-refractivity contribution is -0.384. The van der Waals surface area contributed by atoms with Crippen molar-refractivity contribution in [1.29, 1.82) is 0 Å². The lowest BCUT2D eigenvalue weighted by atomic mass is 9.75. The first-order chi connectivity index (χ1) is 16.0. The predicted octanol–water partition coefficient (Wildman–Crippen LogP) is 6.32. The van der Waals surface area contributed by atoms with Crippen molar-refractivity contribution in [3.63, 3.8) is 0 Å². The summed E-state index contributed by atoms with van der Waals surface area (Å²) in [4.78, 5) is 10.4. The molecule has 5 rings (SSSR count). The lowest BCUT2D eigenvalue weighted by Crippen LogP contribution is -2.30. The number of fused-ring (bicyclic) bond motifs is 3. The SMILES string of the molecule is COc1ccc(C)c2c1N[C@H](c1ccc(OCc3ccc([N+](=O)[O-])cc3)cc1)[C@@H]1CC=C[C@@H]21. The van der Waals surface area contributed by atoms with Gasteiger partial charge in [-0.25, -0.2) is 0 Å². The van der Waals surface area contributed by atoms with Gasteiger partial charge in [-0.15, -0.1) is 0 Å². The van der Waals surface area contributed by atoms with Gasteiger partial charge in [-0.1, -0.05) is 30.4 Å². The van der Waals surface area contributed by atoms with Gasteiger partial charge in [-0.3, -0.25) is 10.1 Å². The van der Waals surface area contributed by atoms with Gasteiger partial charge in [0.1, 0.15) is 18.1 Å². The number of allylic oxidation sites excluding steroid dienone is 2. The van der Waals surface area contributed by atoms with E-state index in [2.05, 4.69) is 42.6 Å². The predicted molar refractivity (Wildman–Crippen MR) is 128 cm³/mol. The van der Waals surface area contributed by atoms with Gasteiger partial charge in [0.15, 0.2) is 0 Å². The summed E-state index contributed by atoms with van der Waals surface area (Å²) in [5, 5.41) is 14.6. The van der Waals surface area contributed by atoms with Crippen LogP contribution in [0.5, 0.6) is 11.5 Å². The number of hydrogen-bond donors (Lipinski definition) is 1. The van der Waals surface area contributed by atoms with Crippen molar-refractivity contribution in [2.45, 2.75) is 31.9 Å². The van der Waals surface area contributed by atoms with E-state index in [4.69, 9.17) is 9.47 Å². The fourth-order valence-corrected chi connectivity index (χ4v) is 5.02. The number of nitrogens with one attached hydrogen (secondary N) is 1. The van der Waals surface area contributed by atoms with E-state index in [1.54, 1.807) is 19.2 Å². The summed E-state index contributed by atoms with van der Waals surface area (Å²) < 4.78 is 11.6. The van der Waals surface area contributed by atoms with E-state index in [-0.39, 0.29) is 11.7 Å². The van der Waals surface area contributed by atoms with Crippen LogP contribution in [0.15, 0.2) is 72.8 Å². The molecule has 1 N–H and O–H groups in total. The van der Waals surface area contributed by atoms with Crippen molar-refractivity contribution in [2.24, 2.45) is 5.92 Å². The fraction of sp³-hybridized carbons (Fsp3) is 0.259. The van der Waals surface area contributed by atoms with E-state index < -0.39 is 4.92 Å². The van der Waals surface area contributed by atoms with E-state index in [1.165, 1.54) is 28.8 Å². The number of benzene rings is 3. The number of anilines is 1. The smallest absolute Gasteiger partial charge is 0.269 e. The molecule has 6 heteroatoms. The number of aryl methyl sites for hydroxylation is 1. The largest absolute Gasteiger partial charge is 0.495 e. The standard InChI is InChI=1S/C27H26N2O4/c1-17-6-15-24(32-2)27-25(17)22-4-3-5-23(22)26(28-27)19-9-13-21(14-10-19)33-16-18-7-11-20(12-8-18)29(30)31/h3-4,6-15,22-23,26,28H,5,16H2,1-2H3/t22-,23-,26-/m1/s1. The molecule has 0 radical (unpaired) electrons. The van der Waals surface area contributed by atoms with Gasteiger partial charge in [0.25, 0.3) is 5.69 Å². The number of ether oxygens (including phenoxy) is 2. The minimum Gasteiger partial charge on any atom is -0.495 e. The zero-order valence-corrected chi connectivity index (χ0v) is 18.7. The molecule has 0 amide bonds. The molecule has 3 aromatic carbocycles. The third-order valence-corrected chi connectivity index (χ3v) is 6.71. The first-order valence-electron chi connectivity index (χ1n) is 11.1. The number of methoxy groups -OCH3 is 1. The Kier molecular flexibility index (Phi) is 5.50. The Morgan fingerprint density at radius 2 is 1.82 bits per heavy atom. The molecule has 168 valence electrons. The third kappa shape index (κ3) is 3.93. The summed E-state index contributed by atoms with van der Waals surface area (Å²) in [5.41, 5.74) is 5.90. The molecule has 1 aliphatic heterocycles. The van der Waals surface area contributed by atoms with Crippen LogP contribution in [0.1, 0.15) is 40.6 Å². The van der Waals surface area contributed by atoms with Crippen molar-refractivity contribution >= 4 is 11.4 Å². The molecule has 0 unspecified atom stereocenters. The highest BCUT2D eigenvalue weighted by atomic mass is 16.6. The molecule has 0 fully saturated rings. The fourth-order valence-electron chi connectivity index (χ4n) is 5.02. The van der Waals surface area contributed by atoms with Crippen LogP contribution >= 0.6 is 0 Å². The quantitative estimate of drug-likeness (QED) is 0.275. The molecule has 1 aliphatic carbocycles. The van der Waals surface area contributed by atoms with Crippen molar-refractivity contribution in [2.75, 3.05) is 12.4 Å². The molecule has 0 aromatic heterocycles. The molecule has 6 nitrogen and oxygen atoms in total. The van der Waals surface area contributed by atoms with Crippen molar-refractivity contribution in [1.82, 2.24) is 0 Å². The van der Waals surface area contributed by atoms with Crippen LogP contribution < -0.4 is 14.8 Å². The highest BCUT2D eigenvalue weighted by molar-refractivity contribution is 5.69. The maximum Gasteiger partial charge on any atom is 0.269 e. The second-order valence-corrected chi connectivity index (χ2v) is 8.63. The Bertz CT molecular complexity index is 1200. The maximum atomic E-state index is 10.8.